The molecule has 0 radical (unpaired) electrons. The molecule has 1 saturated heterocycles. The number of ether oxygens (including phenoxy) is 2. The smallest absolute Gasteiger partial charge is 0.256 e. The molecule has 28 heavy (non-hydrogen) atoms. The second-order valence-electron chi connectivity index (χ2n) is 6.80. The molecular formula is C19H28N6O3. The molecule has 1 fully saturated rings. The van der Waals surface area contributed by atoms with Crippen LogP contribution in [0.3, 0.4) is 0 Å². The molecule has 0 aromatic carbocycles. The third-order valence-electron chi connectivity index (χ3n) is 4.48. The van der Waals surface area contributed by atoms with Gasteiger partial charge in [-0.3, -0.25) is 0 Å². The van der Waals surface area contributed by atoms with E-state index in [1.54, 1.807) is 19.3 Å². The molecule has 0 amide bonds. The molecule has 1 atom stereocenters. The van der Waals surface area contributed by atoms with Crippen LogP contribution in [0.5, 0.6) is 11.6 Å². The lowest BCUT2D eigenvalue weighted by Crippen LogP contribution is -2.33. The van der Waals surface area contributed by atoms with Gasteiger partial charge in [-0.2, -0.15) is 4.98 Å². The minimum absolute atomic E-state index is 0.169. The lowest BCUT2D eigenvalue weighted by atomic mass is 10.3. The van der Waals surface area contributed by atoms with Crippen molar-refractivity contribution >= 4 is 17.5 Å². The van der Waals surface area contributed by atoms with Crippen LogP contribution in [0, 0.1) is 6.92 Å². The van der Waals surface area contributed by atoms with E-state index >= 15 is 0 Å². The van der Waals surface area contributed by atoms with E-state index in [0.29, 0.717) is 29.8 Å². The Hall–Kier alpha value is -2.65. The zero-order valence-electron chi connectivity index (χ0n) is 16.6. The highest BCUT2D eigenvalue weighted by atomic mass is 16.5. The van der Waals surface area contributed by atoms with Crippen molar-refractivity contribution in [3.05, 3.63) is 24.0 Å². The fraction of sp³-hybridized carbons (Fsp3) is 0.526. The number of nitrogens with one attached hydrogen (secondary N) is 2. The summed E-state index contributed by atoms with van der Waals surface area (Å²) in [7, 11) is 3.34. The largest absolute Gasteiger partial charge is 0.485 e. The quantitative estimate of drug-likeness (QED) is 0.593. The van der Waals surface area contributed by atoms with Gasteiger partial charge in [-0.05, 0) is 32.9 Å². The molecule has 2 aromatic heterocycles. The Balaban J connectivity index is 1.66. The number of β-amino-alcohol motifs (C(OH)–C–C–N with tert-alkyl or cyclic N) is 1. The van der Waals surface area contributed by atoms with Gasteiger partial charge in [0.25, 0.3) is 5.88 Å². The minimum atomic E-state index is -0.572. The van der Waals surface area contributed by atoms with Gasteiger partial charge in [0.05, 0.1) is 19.0 Å². The van der Waals surface area contributed by atoms with Crippen LogP contribution in [0.2, 0.25) is 0 Å². The van der Waals surface area contributed by atoms with E-state index < -0.39 is 6.10 Å². The second-order valence-corrected chi connectivity index (χ2v) is 6.80. The van der Waals surface area contributed by atoms with Crippen molar-refractivity contribution in [3.63, 3.8) is 0 Å². The fourth-order valence-corrected chi connectivity index (χ4v) is 3.14. The molecule has 2 aromatic rings. The van der Waals surface area contributed by atoms with Gasteiger partial charge < -0.3 is 30.1 Å². The van der Waals surface area contributed by atoms with Crippen LogP contribution >= 0.6 is 0 Å². The number of hydrogen-bond acceptors (Lipinski definition) is 9. The van der Waals surface area contributed by atoms with Crippen LogP contribution in [-0.2, 0) is 0 Å². The van der Waals surface area contributed by atoms with Crippen molar-refractivity contribution < 1.29 is 14.6 Å². The van der Waals surface area contributed by atoms with Gasteiger partial charge in [0, 0.05) is 31.4 Å². The van der Waals surface area contributed by atoms with Crippen molar-refractivity contribution in [3.8, 4) is 11.6 Å². The van der Waals surface area contributed by atoms with Gasteiger partial charge in [-0.1, -0.05) is 0 Å². The van der Waals surface area contributed by atoms with E-state index in [1.807, 2.05) is 13.0 Å². The van der Waals surface area contributed by atoms with Crippen LogP contribution in [0.1, 0.15) is 18.5 Å². The molecule has 0 aliphatic carbocycles. The Morgan fingerprint density at radius 2 is 2.04 bits per heavy atom. The maximum Gasteiger partial charge on any atom is 0.256 e. The van der Waals surface area contributed by atoms with Gasteiger partial charge in [-0.15, -0.1) is 0 Å². The first kappa shape index (κ1) is 20.1. The highest BCUT2D eigenvalue weighted by Gasteiger charge is 2.17. The van der Waals surface area contributed by atoms with E-state index in [9.17, 15) is 5.11 Å². The minimum Gasteiger partial charge on any atom is -0.485 e. The van der Waals surface area contributed by atoms with Crippen molar-refractivity contribution in [1.29, 1.82) is 0 Å². The Morgan fingerprint density at radius 1 is 1.25 bits per heavy atom. The standard InChI is InChI=1S/C19H28N6O3/c1-13-8-17(20-2)24-19(22-13)23-14-9-16(18(27-3)21-10-14)28-12-15(26)11-25-6-4-5-7-25/h8-10,15,26H,4-7,11-12H2,1-3H3,(H2,20,22,23,24)/t15-/m0/s1. The summed E-state index contributed by atoms with van der Waals surface area (Å²) in [5, 5.41) is 16.4. The number of pyridine rings is 1. The number of nitrogens with zero attached hydrogens (tertiary/aromatic N) is 4. The Kier molecular flexibility index (Phi) is 6.83. The van der Waals surface area contributed by atoms with E-state index in [1.165, 1.54) is 20.0 Å². The predicted molar refractivity (Wildman–Crippen MR) is 108 cm³/mol. The van der Waals surface area contributed by atoms with Gasteiger partial charge in [0.15, 0.2) is 5.75 Å². The topological polar surface area (TPSA) is 105 Å². The van der Waals surface area contributed by atoms with Gasteiger partial charge >= 0.3 is 0 Å². The van der Waals surface area contributed by atoms with E-state index in [0.717, 1.165) is 24.6 Å². The van der Waals surface area contributed by atoms with E-state index in [2.05, 4.69) is 30.5 Å². The van der Waals surface area contributed by atoms with Crippen LogP contribution in [0.25, 0.3) is 0 Å². The summed E-state index contributed by atoms with van der Waals surface area (Å²) >= 11 is 0. The molecule has 9 heteroatoms. The molecule has 1 aliphatic heterocycles. The van der Waals surface area contributed by atoms with Crippen LogP contribution in [0.4, 0.5) is 17.5 Å². The van der Waals surface area contributed by atoms with Crippen LogP contribution in [-0.4, -0.2) is 71.5 Å². The molecule has 3 heterocycles. The molecule has 0 saturated carbocycles. The third kappa shape index (κ3) is 5.43. The summed E-state index contributed by atoms with van der Waals surface area (Å²) in [6.07, 6.45) is 3.43. The molecule has 3 rings (SSSR count). The number of hydrogen-bond donors (Lipinski definition) is 3. The van der Waals surface area contributed by atoms with E-state index in [-0.39, 0.29) is 6.61 Å². The van der Waals surface area contributed by atoms with Crippen molar-refractivity contribution in [1.82, 2.24) is 19.9 Å². The number of methoxy groups -OCH3 is 1. The summed E-state index contributed by atoms with van der Waals surface area (Å²) < 4.78 is 11.1. The number of aliphatic hydroxyl groups is 1. The maximum absolute atomic E-state index is 10.3. The molecule has 0 bridgehead atoms. The normalized spacial score (nSPS) is 15.3. The Labute approximate surface area is 165 Å². The van der Waals surface area contributed by atoms with Crippen LogP contribution in [0.15, 0.2) is 18.3 Å². The van der Waals surface area contributed by atoms with Gasteiger partial charge in [0.1, 0.15) is 18.5 Å². The van der Waals surface area contributed by atoms with E-state index in [4.69, 9.17) is 9.47 Å². The summed E-state index contributed by atoms with van der Waals surface area (Å²) in [4.78, 5) is 15.3. The number of anilines is 3. The molecule has 152 valence electrons. The predicted octanol–water partition coefficient (Wildman–Crippen LogP) is 1.81. The highest BCUT2D eigenvalue weighted by molar-refractivity contribution is 5.58. The monoisotopic (exact) mass is 388 g/mol. The zero-order valence-corrected chi connectivity index (χ0v) is 16.6. The molecule has 0 spiro atoms. The van der Waals surface area contributed by atoms with Gasteiger partial charge in [-0.25, -0.2) is 9.97 Å². The number of aliphatic hydroxyl groups excluding tert-OH is 1. The van der Waals surface area contributed by atoms with Crippen LogP contribution < -0.4 is 20.1 Å². The van der Waals surface area contributed by atoms with Crippen molar-refractivity contribution in [2.24, 2.45) is 0 Å². The fourth-order valence-electron chi connectivity index (χ4n) is 3.14. The summed E-state index contributed by atoms with van der Waals surface area (Å²) in [6.45, 7) is 4.75. The Morgan fingerprint density at radius 3 is 2.75 bits per heavy atom. The number of aromatic nitrogens is 3. The first-order valence-electron chi connectivity index (χ1n) is 9.45. The molecular weight excluding hydrogens is 360 g/mol. The first-order chi connectivity index (χ1) is 13.6. The van der Waals surface area contributed by atoms with Gasteiger partial charge in [0.2, 0.25) is 5.95 Å². The third-order valence-corrected chi connectivity index (χ3v) is 4.48. The summed E-state index contributed by atoms with van der Waals surface area (Å²) in [5.41, 5.74) is 1.50. The average Bonchev–Trinajstić information content (AvgIpc) is 3.19. The van der Waals surface area contributed by atoms with Crippen molar-refractivity contribution in [2.45, 2.75) is 25.9 Å². The number of likely N-dealkylation sites (tertiary alicyclic amines) is 1. The molecule has 3 N–H and O–H groups in total. The summed E-state index contributed by atoms with van der Waals surface area (Å²) in [5.74, 6) is 1.99. The lowest BCUT2D eigenvalue weighted by molar-refractivity contribution is 0.0744. The highest BCUT2D eigenvalue weighted by Crippen LogP contribution is 2.28. The average molecular weight is 388 g/mol. The second kappa shape index (κ2) is 9.52. The molecule has 1 aliphatic rings. The number of aryl methyl sites for hydroxylation is 1. The zero-order chi connectivity index (χ0) is 19.9. The SMILES string of the molecule is CNc1cc(C)nc(Nc2cnc(OC)c(OC[C@@H](O)CN3CCCC3)c2)n1. The summed E-state index contributed by atoms with van der Waals surface area (Å²) in [6, 6.07) is 3.62. The Bertz CT molecular complexity index is 782. The lowest BCUT2D eigenvalue weighted by Gasteiger charge is -2.20. The van der Waals surface area contributed by atoms with Crippen molar-refractivity contribution in [2.75, 3.05) is 51.0 Å². The molecule has 9 nitrogen and oxygen atoms in total. The molecule has 0 unspecified atom stereocenters. The maximum atomic E-state index is 10.3. The first-order valence-corrected chi connectivity index (χ1v) is 9.45. The number of rotatable bonds is 9.